The summed E-state index contributed by atoms with van der Waals surface area (Å²) in [7, 11) is 1.61. The van der Waals surface area contributed by atoms with E-state index < -0.39 is 0 Å². The summed E-state index contributed by atoms with van der Waals surface area (Å²) in [5, 5.41) is 14.5. The van der Waals surface area contributed by atoms with E-state index in [0.717, 1.165) is 5.56 Å². The Kier molecular flexibility index (Phi) is 5.70. The Labute approximate surface area is 106 Å². The maximum absolute atomic E-state index is 11.0. The van der Waals surface area contributed by atoms with Crippen molar-refractivity contribution in [1.82, 2.24) is 5.32 Å². The van der Waals surface area contributed by atoms with Crippen LogP contribution in [0.25, 0.3) is 0 Å². The number of ether oxygens (including phenoxy) is 1. The Morgan fingerprint density at radius 1 is 1.44 bits per heavy atom. The molecule has 0 radical (unpaired) electrons. The van der Waals surface area contributed by atoms with E-state index in [9.17, 15) is 4.79 Å². The minimum absolute atomic E-state index is 0.0000126. The summed E-state index contributed by atoms with van der Waals surface area (Å²) in [6.45, 7) is 2.15. The highest BCUT2D eigenvalue weighted by Gasteiger charge is 2.06. The Morgan fingerprint density at radius 2 is 2.17 bits per heavy atom. The summed E-state index contributed by atoms with van der Waals surface area (Å²) in [4.78, 5) is 11.0. The molecule has 0 unspecified atom stereocenters. The van der Waals surface area contributed by atoms with Crippen molar-refractivity contribution in [3.8, 4) is 5.75 Å². The number of hydrogen-bond donors (Lipinski definition) is 2. The third kappa shape index (κ3) is 4.08. The number of nitrogens with zero attached hydrogens (tertiary/aromatic N) is 1. The maximum atomic E-state index is 11.0. The lowest BCUT2D eigenvalue weighted by Gasteiger charge is -2.10. The van der Waals surface area contributed by atoms with Crippen LogP contribution in [0.2, 0.25) is 0 Å². The van der Waals surface area contributed by atoms with Gasteiger partial charge in [-0.2, -0.15) is 0 Å². The highest BCUT2D eigenvalue weighted by molar-refractivity contribution is 6.00. The molecule has 0 aliphatic heterocycles. The van der Waals surface area contributed by atoms with Crippen molar-refractivity contribution in [2.45, 2.75) is 19.8 Å². The molecule has 0 saturated heterocycles. The highest BCUT2D eigenvalue weighted by atomic mass is 16.5. The fourth-order valence-corrected chi connectivity index (χ4v) is 1.49. The molecule has 0 aromatic heterocycles. The second-order valence-electron chi connectivity index (χ2n) is 3.81. The van der Waals surface area contributed by atoms with Crippen molar-refractivity contribution in [2.75, 3.05) is 13.7 Å². The normalized spacial score (nSPS) is 11.1. The number of benzene rings is 1. The summed E-state index contributed by atoms with van der Waals surface area (Å²) in [6, 6.07) is 7.33. The van der Waals surface area contributed by atoms with Crippen LogP contribution in [-0.2, 0) is 4.79 Å². The molecule has 0 fully saturated rings. The van der Waals surface area contributed by atoms with Gasteiger partial charge in [0.1, 0.15) is 5.75 Å². The molecule has 1 amide bonds. The fourth-order valence-electron chi connectivity index (χ4n) is 1.49. The summed E-state index contributed by atoms with van der Waals surface area (Å²) < 4.78 is 5.58. The molecule has 5 nitrogen and oxygen atoms in total. The molecule has 0 spiro atoms. The number of nitrogens with one attached hydrogen (secondary N) is 1. The lowest BCUT2D eigenvalue weighted by molar-refractivity contribution is -0.120. The number of para-hydroxylation sites is 1. The van der Waals surface area contributed by atoms with Crippen molar-refractivity contribution in [1.29, 1.82) is 0 Å². The van der Waals surface area contributed by atoms with Crippen LogP contribution in [0.15, 0.2) is 29.4 Å². The van der Waals surface area contributed by atoms with Crippen LogP contribution in [0.1, 0.15) is 25.3 Å². The minimum atomic E-state index is -0.0000126. The number of oxime groups is 1. The number of carbonyl (C=O) groups is 1. The number of amides is 1. The molecule has 1 aromatic carbocycles. The molecule has 0 saturated carbocycles. The first-order valence-electron chi connectivity index (χ1n) is 5.80. The summed E-state index contributed by atoms with van der Waals surface area (Å²) in [6.07, 6.45) is 1.08. The van der Waals surface area contributed by atoms with Crippen LogP contribution in [0.4, 0.5) is 0 Å². The summed E-state index contributed by atoms with van der Waals surface area (Å²) >= 11 is 0. The van der Waals surface area contributed by atoms with Crippen molar-refractivity contribution in [3.05, 3.63) is 29.8 Å². The predicted octanol–water partition coefficient (Wildman–Crippen LogP) is 1.79. The molecular weight excluding hydrogens is 232 g/mol. The average molecular weight is 250 g/mol. The molecule has 0 aliphatic rings. The zero-order valence-corrected chi connectivity index (χ0v) is 10.6. The summed E-state index contributed by atoms with van der Waals surface area (Å²) in [5.41, 5.74) is 1.25. The first-order chi connectivity index (χ1) is 8.69. The maximum Gasteiger partial charge on any atom is 0.219 e. The molecule has 0 bridgehead atoms. The van der Waals surface area contributed by atoms with Crippen molar-refractivity contribution < 1.29 is 14.7 Å². The van der Waals surface area contributed by atoms with Gasteiger partial charge in [0.05, 0.1) is 12.3 Å². The fraction of sp³-hybridized carbons (Fsp3) is 0.385. The van der Waals surface area contributed by atoms with Gasteiger partial charge in [-0.05, 0) is 25.5 Å². The van der Waals surface area contributed by atoms with E-state index in [-0.39, 0.29) is 5.91 Å². The number of rotatable bonds is 6. The Balaban J connectivity index is 2.54. The van der Waals surface area contributed by atoms with E-state index in [0.29, 0.717) is 30.9 Å². The highest BCUT2D eigenvalue weighted by Crippen LogP contribution is 2.19. The van der Waals surface area contributed by atoms with Gasteiger partial charge in [-0.25, -0.2) is 0 Å². The van der Waals surface area contributed by atoms with Crippen LogP contribution in [0.5, 0.6) is 5.75 Å². The van der Waals surface area contributed by atoms with Crippen molar-refractivity contribution in [3.63, 3.8) is 0 Å². The number of carbonyl (C=O) groups excluding carboxylic acids is 1. The van der Waals surface area contributed by atoms with E-state index in [4.69, 9.17) is 9.94 Å². The van der Waals surface area contributed by atoms with Gasteiger partial charge in [-0.15, -0.1) is 0 Å². The van der Waals surface area contributed by atoms with Gasteiger partial charge >= 0.3 is 0 Å². The zero-order valence-electron chi connectivity index (χ0n) is 10.6. The molecule has 5 heteroatoms. The Hall–Kier alpha value is -2.04. The molecule has 18 heavy (non-hydrogen) atoms. The van der Waals surface area contributed by atoms with Gasteiger partial charge in [0, 0.05) is 19.0 Å². The third-order valence-corrected chi connectivity index (χ3v) is 2.51. The predicted molar refractivity (Wildman–Crippen MR) is 69.2 cm³/mol. The molecule has 0 aliphatic carbocycles. The van der Waals surface area contributed by atoms with E-state index in [1.54, 1.807) is 14.0 Å². The van der Waals surface area contributed by atoms with E-state index in [1.807, 2.05) is 24.3 Å². The van der Waals surface area contributed by atoms with Crippen LogP contribution >= 0.6 is 0 Å². The van der Waals surface area contributed by atoms with Crippen LogP contribution < -0.4 is 10.1 Å². The lowest BCUT2D eigenvalue weighted by atomic mass is 10.1. The largest absolute Gasteiger partial charge is 0.493 e. The first kappa shape index (κ1) is 14.0. The van der Waals surface area contributed by atoms with Gasteiger partial charge in [0.15, 0.2) is 0 Å². The SMILES string of the molecule is CNC(=O)CCCOc1ccccc1C(C)=NO. The molecule has 98 valence electrons. The van der Waals surface area contributed by atoms with Crippen molar-refractivity contribution >= 4 is 11.6 Å². The Bertz CT molecular complexity index is 430. The van der Waals surface area contributed by atoms with Gasteiger partial charge in [0.2, 0.25) is 5.91 Å². The third-order valence-electron chi connectivity index (χ3n) is 2.51. The topological polar surface area (TPSA) is 70.9 Å². The van der Waals surface area contributed by atoms with Crippen LogP contribution in [0.3, 0.4) is 0 Å². The van der Waals surface area contributed by atoms with E-state index in [2.05, 4.69) is 10.5 Å². The van der Waals surface area contributed by atoms with Crippen molar-refractivity contribution in [2.24, 2.45) is 5.16 Å². The molecular formula is C13H18N2O3. The first-order valence-corrected chi connectivity index (χ1v) is 5.80. The summed E-state index contributed by atoms with van der Waals surface area (Å²) in [5.74, 6) is 0.657. The second-order valence-corrected chi connectivity index (χ2v) is 3.81. The van der Waals surface area contributed by atoms with Gasteiger partial charge in [-0.1, -0.05) is 17.3 Å². The quantitative estimate of drug-likeness (QED) is 0.350. The van der Waals surface area contributed by atoms with Crippen LogP contribution in [0, 0.1) is 0 Å². The monoisotopic (exact) mass is 250 g/mol. The minimum Gasteiger partial charge on any atom is -0.493 e. The molecule has 0 heterocycles. The molecule has 0 atom stereocenters. The second kappa shape index (κ2) is 7.32. The standard InChI is InChI=1S/C13H18N2O3/c1-10(15-17)11-6-3-4-7-12(11)18-9-5-8-13(16)14-2/h3-4,6-7,17H,5,8-9H2,1-2H3,(H,14,16). The molecule has 1 rings (SSSR count). The molecule has 1 aromatic rings. The van der Waals surface area contributed by atoms with E-state index >= 15 is 0 Å². The van der Waals surface area contributed by atoms with Gasteiger partial charge in [-0.3, -0.25) is 4.79 Å². The average Bonchev–Trinajstić information content (AvgIpc) is 2.42. The van der Waals surface area contributed by atoms with E-state index in [1.165, 1.54) is 0 Å². The van der Waals surface area contributed by atoms with Gasteiger partial charge in [0.25, 0.3) is 0 Å². The van der Waals surface area contributed by atoms with Gasteiger partial charge < -0.3 is 15.3 Å². The van der Waals surface area contributed by atoms with Crippen LogP contribution in [-0.4, -0.2) is 30.5 Å². The Morgan fingerprint density at radius 3 is 2.83 bits per heavy atom. The lowest BCUT2D eigenvalue weighted by Crippen LogP contribution is -2.18. The zero-order chi connectivity index (χ0) is 13.4. The number of hydrogen-bond acceptors (Lipinski definition) is 4. The molecule has 2 N–H and O–H groups in total. The smallest absolute Gasteiger partial charge is 0.219 e.